The van der Waals surface area contributed by atoms with Crippen LogP contribution in [0.2, 0.25) is 5.02 Å². The second kappa shape index (κ2) is 11.2. The van der Waals surface area contributed by atoms with Gasteiger partial charge >= 0.3 is 5.17 Å². The third-order valence-electron chi connectivity index (χ3n) is 3.76. The Labute approximate surface area is 201 Å². The van der Waals surface area contributed by atoms with Gasteiger partial charge in [0.1, 0.15) is 11.5 Å². The van der Waals surface area contributed by atoms with Crippen LogP contribution in [-0.4, -0.2) is 36.2 Å². The van der Waals surface area contributed by atoms with Gasteiger partial charge < -0.3 is 5.11 Å². The summed E-state index contributed by atoms with van der Waals surface area (Å²) in [6, 6.07) is 5.39. The minimum absolute atomic E-state index is 0.138. The summed E-state index contributed by atoms with van der Waals surface area (Å²) >= 11 is 9.84. The molecule has 0 aliphatic carbocycles. The Morgan fingerprint density at radius 2 is 1.72 bits per heavy atom. The van der Waals surface area contributed by atoms with Gasteiger partial charge in [-0.1, -0.05) is 34.2 Å². The van der Waals surface area contributed by atoms with Gasteiger partial charge in [0.15, 0.2) is 0 Å². The highest BCUT2D eigenvalue weighted by Gasteiger charge is 2.25. The van der Waals surface area contributed by atoms with Gasteiger partial charge in [0.05, 0.1) is 49.5 Å². The topological polar surface area (TPSA) is 178 Å². The molecule has 1 unspecified atom stereocenters. The third kappa shape index (κ3) is 6.60. The first-order valence-electron chi connectivity index (χ1n) is 8.37. The molecule has 3 rings (SSSR count). The van der Waals surface area contributed by atoms with Crippen molar-refractivity contribution in [3.05, 3.63) is 71.5 Å². The molecular weight excluding hydrogens is 588 g/mol. The second-order valence-electron chi connectivity index (χ2n) is 5.94. The average Bonchev–Trinajstić information content (AvgIpc) is 3.18. The van der Waals surface area contributed by atoms with Crippen LogP contribution in [0.15, 0.2) is 30.3 Å². The van der Waals surface area contributed by atoms with E-state index in [-0.39, 0.29) is 5.02 Å². The van der Waals surface area contributed by atoms with Gasteiger partial charge in [-0.2, -0.15) is 0 Å². The van der Waals surface area contributed by atoms with E-state index < -0.39 is 43.4 Å². The zero-order chi connectivity index (χ0) is 24.0. The molecule has 2 N–H and O–H groups in total. The Kier molecular flexibility index (Phi) is 8.90. The molecule has 0 aromatic heterocycles. The van der Waals surface area contributed by atoms with Gasteiger partial charge in [-0.25, -0.2) is 9.71 Å². The SMILES string of the molecule is Fc1ccc(NC2=[NH+]CC(CI)S2)cc1Cl.O=[N+]([O-])c1cc([N+](=O)[O-])c([O-])c([N+](=O)[O-])c1. The van der Waals surface area contributed by atoms with Crippen molar-refractivity contribution in [3.63, 3.8) is 0 Å². The number of non-ortho nitro benzene ring substituents is 1. The number of rotatable bonds is 5. The van der Waals surface area contributed by atoms with Crippen molar-refractivity contribution >= 4 is 73.9 Å². The predicted molar refractivity (Wildman–Crippen MR) is 122 cm³/mol. The zero-order valence-electron chi connectivity index (χ0n) is 15.6. The van der Waals surface area contributed by atoms with Crippen molar-refractivity contribution in [3.8, 4) is 5.75 Å². The summed E-state index contributed by atoms with van der Waals surface area (Å²) in [4.78, 5) is 30.8. The highest BCUT2D eigenvalue weighted by Crippen LogP contribution is 2.36. The van der Waals surface area contributed by atoms with E-state index in [4.69, 9.17) is 11.6 Å². The van der Waals surface area contributed by atoms with Crippen LogP contribution >= 0.6 is 46.0 Å². The molecular formula is C16H12ClFIN5O7S. The molecule has 1 aliphatic rings. The van der Waals surface area contributed by atoms with Gasteiger partial charge in [0.2, 0.25) is 0 Å². The van der Waals surface area contributed by atoms with Crippen LogP contribution in [0.25, 0.3) is 0 Å². The van der Waals surface area contributed by atoms with Crippen LogP contribution in [0.4, 0.5) is 27.1 Å². The lowest BCUT2D eigenvalue weighted by Crippen LogP contribution is -2.72. The number of amidine groups is 1. The molecule has 170 valence electrons. The Balaban J connectivity index is 0.000000227. The summed E-state index contributed by atoms with van der Waals surface area (Å²) in [7, 11) is 0. The number of hydrogen-bond acceptors (Lipinski definition) is 9. The van der Waals surface area contributed by atoms with Crippen molar-refractivity contribution < 1.29 is 29.3 Å². The Morgan fingerprint density at radius 3 is 2.16 bits per heavy atom. The monoisotopic (exact) mass is 599 g/mol. The van der Waals surface area contributed by atoms with Crippen LogP contribution < -0.4 is 15.4 Å². The smallest absolute Gasteiger partial charge is 0.309 e. The Hall–Kier alpha value is -2.79. The highest BCUT2D eigenvalue weighted by atomic mass is 127. The first kappa shape index (κ1) is 25.5. The number of nitro benzene ring substituents is 3. The van der Waals surface area contributed by atoms with Crippen molar-refractivity contribution in [1.29, 1.82) is 0 Å². The molecule has 0 fully saturated rings. The number of nitrogens with zero attached hydrogens (tertiary/aromatic N) is 3. The molecule has 32 heavy (non-hydrogen) atoms. The Bertz CT molecular complexity index is 1070. The van der Waals surface area contributed by atoms with E-state index in [9.17, 15) is 39.8 Å². The van der Waals surface area contributed by atoms with Crippen LogP contribution in [0.1, 0.15) is 0 Å². The van der Waals surface area contributed by atoms with E-state index in [1.165, 1.54) is 6.07 Å². The number of thioether (sulfide) groups is 1. The molecule has 2 aromatic carbocycles. The summed E-state index contributed by atoms with van der Waals surface area (Å²) in [5, 5.41) is 47.0. The highest BCUT2D eigenvalue weighted by molar-refractivity contribution is 14.1. The quantitative estimate of drug-likeness (QED) is 0.226. The molecule has 0 saturated heterocycles. The molecule has 0 spiro atoms. The second-order valence-corrected chi connectivity index (χ2v) is 8.54. The van der Waals surface area contributed by atoms with Gasteiger partial charge in [-0.15, -0.1) is 0 Å². The van der Waals surface area contributed by atoms with Gasteiger partial charge in [0.25, 0.3) is 17.1 Å². The number of alkyl halides is 1. The summed E-state index contributed by atoms with van der Waals surface area (Å²) in [5.41, 5.74) is -2.46. The number of nitrogens with one attached hydrogen (secondary N) is 2. The molecule has 1 heterocycles. The van der Waals surface area contributed by atoms with E-state index in [1.807, 2.05) is 0 Å². The summed E-state index contributed by atoms with van der Waals surface area (Å²) < 4.78 is 14.0. The predicted octanol–water partition coefficient (Wildman–Crippen LogP) is 2.36. The molecule has 1 atom stereocenters. The summed E-state index contributed by atoms with van der Waals surface area (Å²) in [6.45, 7) is 0.963. The number of anilines is 1. The van der Waals surface area contributed by atoms with Crippen LogP contribution in [0.3, 0.4) is 0 Å². The van der Waals surface area contributed by atoms with E-state index >= 15 is 0 Å². The lowest BCUT2D eigenvalue weighted by Gasteiger charge is -2.06. The average molecular weight is 600 g/mol. The largest absolute Gasteiger partial charge is 0.863 e. The zero-order valence-corrected chi connectivity index (χ0v) is 19.3. The number of nitro groups is 3. The van der Waals surface area contributed by atoms with E-state index in [2.05, 4.69) is 32.9 Å². The van der Waals surface area contributed by atoms with Crippen molar-refractivity contribution in [1.82, 2.24) is 0 Å². The van der Waals surface area contributed by atoms with Crippen LogP contribution in [0.5, 0.6) is 5.75 Å². The molecule has 12 nitrogen and oxygen atoms in total. The molecule has 0 bridgehead atoms. The Morgan fingerprint density at radius 1 is 1.12 bits per heavy atom. The summed E-state index contributed by atoms with van der Waals surface area (Å²) in [6.07, 6.45) is 0. The standard InChI is InChI=1S/C10H9ClFIN2S.C6H3N3O7/c11-8-3-6(1-2-9(8)12)15-10-14-5-7(4-13)16-10;10-6-4(8(13)14)1-3(7(11)12)2-5(6)9(15)16/h1-3,7H,4-5H2,(H,14,15);1-2,10H. The minimum Gasteiger partial charge on any atom is -0.863 e. The molecule has 1 aliphatic heterocycles. The first-order valence-corrected chi connectivity index (χ1v) is 11.2. The fraction of sp³-hybridized carbons (Fsp3) is 0.188. The minimum atomic E-state index is -1.46. The maximum Gasteiger partial charge on any atom is 0.309 e. The van der Waals surface area contributed by atoms with Gasteiger partial charge in [-0.05, 0) is 23.9 Å². The van der Waals surface area contributed by atoms with E-state index in [1.54, 1.807) is 23.9 Å². The molecule has 2 aromatic rings. The fourth-order valence-electron chi connectivity index (χ4n) is 2.28. The van der Waals surface area contributed by atoms with Crippen molar-refractivity contribution in [2.24, 2.45) is 0 Å². The molecule has 16 heteroatoms. The van der Waals surface area contributed by atoms with Crippen molar-refractivity contribution in [2.45, 2.75) is 5.25 Å². The maximum atomic E-state index is 12.9. The first-order chi connectivity index (χ1) is 15.0. The van der Waals surface area contributed by atoms with Crippen molar-refractivity contribution in [2.75, 3.05) is 16.3 Å². The molecule has 0 saturated carbocycles. The lowest BCUT2D eigenvalue weighted by molar-refractivity contribution is -0.448. The number of halogens is 3. The van der Waals surface area contributed by atoms with Gasteiger partial charge in [0, 0.05) is 10.5 Å². The van der Waals surface area contributed by atoms with Crippen LogP contribution in [-0.2, 0) is 0 Å². The fourth-order valence-corrected chi connectivity index (χ4v) is 4.22. The molecule has 0 radical (unpaired) electrons. The summed E-state index contributed by atoms with van der Waals surface area (Å²) in [5.74, 6) is -1.85. The van der Waals surface area contributed by atoms with E-state index in [0.29, 0.717) is 17.4 Å². The normalized spacial score (nSPS) is 14.7. The number of hydrogen-bond donors (Lipinski definition) is 2. The third-order valence-corrected chi connectivity index (χ3v) is 6.86. The van der Waals surface area contributed by atoms with E-state index in [0.717, 1.165) is 21.8 Å². The number of benzene rings is 2. The van der Waals surface area contributed by atoms with Gasteiger partial charge in [-0.3, -0.25) is 35.3 Å². The molecule has 0 amide bonds. The van der Waals surface area contributed by atoms with Crippen LogP contribution in [0, 0.1) is 36.2 Å². The maximum absolute atomic E-state index is 12.9. The lowest BCUT2D eigenvalue weighted by atomic mass is 10.2.